The highest BCUT2D eigenvalue weighted by Gasteiger charge is 2.11. The molecule has 1 unspecified atom stereocenters. The number of benzene rings is 1. The van der Waals surface area contributed by atoms with Crippen molar-refractivity contribution in [3.8, 4) is 5.75 Å². The molecule has 3 heteroatoms. The van der Waals surface area contributed by atoms with E-state index in [2.05, 4.69) is 0 Å². The van der Waals surface area contributed by atoms with Gasteiger partial charge in [-0.1, -0.05) is 18.2 Å². The van der Waals surface area contributed by atoms with Crippen LogP contribution in [0.2, 0.25) is 0 Å². The quantitative estimate of drug-likeness (QED) is 0.861. The minimum Gasteiger partial charge on any atom is -0.496 e. The first-order chi connectivity index (χ1) is 8.29. The lowest BCUT2D eigenvalue weighted by Gasteiger charge is -2.12. The summed E-state index contributed by atoms with van der Waals surface area (Å²) in [7, 11) is 1.64. The second-order valence-electron chi connectivity index (χ2n) is 3.95. The van der Waals surface area contributed by atoms with Crippen LogP contribution in [0.25, 0.3) is 0 Å². The van der Waals surface area contributed by atoms with Gasteiger partial charge in [-0.15, -0.1) is 0 Å². The standard InChI is InChI=1S/C14H16O3/c1-16-14-7-3-2-5-11(14)9-12(15)10-13-6-4-8-17-13/h2-8,12,15H,9-10H2,1H3. The van der Waals surface area contributed by atoms with Gasteiger partial charge in [0.2, 0.25) is 0 Å². The molecule has 0 aliphatic carbocycles. The maximum Gasteiger partial charge on any atom is 0.122 e. The summed E-state index contributed by atoms with van der Waals surface area (Å²) in [5.41, 5.74) is 1.01. The lowest BCUT2D eigenvalue weighted by molar-refractivity contribution is 0.166. The summed E-state index contributed by atoms with van der Waals surface area (Å²) in [5.74, 6) is 1.61. The summed E-state index contributed by atoms with van der Waals surface area (Å²) in [4.78, 5) is 0. The minimum atomic E-state index is -0.461. The highest BCUT2D eigenvalue weighted by Crippen LogP contribution is 2.20. The first kappa shape index (κ1) is 11.7. The van der Waals surface area contributed by atoms with Crippen molar-refractivity contribution < 1.29 is 14.3 Å². The summed E-state index contributed by atoms with van der Waals surface area (Å²) >= 11 is 0. The van der Waals surface area contributed by atoms with E-state index in [-0.39, 0.29) is 0 Å². The fraction of sp³-hybridized carbons (Fsp3) is 0.286. The van der Waals surface area contributed by atoms with Crippen LogP contribution in [0.1, 0.15) is 11.3 Å². The van der Waals surface area contributed by atoms with E-state index < -0.39 is 6.10 Å². The molecular weight excluding hydrogens is 216 g/mol. The van der Waals surface area contributed by atoms with Crippen LogP contribution in [-0.2, 0) is 12.8 Å². The summed E-state index contributed by atoms with van der Waals surface area (Å²) in [6, 6.07) is 11.4. The zero-order valence-corrected chi connectivity index (χ0v) is 9.80. The van der Waals surface area contributed by atoms with Gasteiger partial charge in [-0.05, 0) is 23.8 Å². The molecule has 0 aliphatic rings. The zero-order chi connectivity index (χ0) is 12.1. The van der Waals surface area contributed by atoms with E-state index in [1.165, 1.54) is 0 Å². The summed E-state index contributed by atoms with van der Waals surface area (Å²) in [5, 5.41) is 9.98. The van der Waals surface area contributed by atoms with Gasteiger partial charge in [-0.25, -0.2) is 0 Å². The van der Waals surface area contributed by atoms with Crippen molar-refractivity contribution >= 4 is 0 Å². The highest BCUT2D eigenvalue weighted by molar-refractivity contribution is 5.33. The summed E-state index contributed by atoms with van der Waals surface area (Å²) < 4.78 is 10.5. The van der Waals surface area contributed by atoms with Crippen LogP contribution in [0.3, 0.4) is 0 Å². The Morgan fingerprint density at radius 3 is 2.71 bits per heavy atom. The lowest BCUT2D eigenvalue weighted by Crippen LogP contribution is -2.14. The Balaban J connectivity index is 2.00. The van der Waals surface area contributed by atoms with Crippen LogP contribution in [-0.4, -0.2) is 18.3 Å². The van der Waals surface area contributed by atoms with Crippen LogP contribution >= 0.6 is 0 Å². The fourth-order valence-corrected chi connectivity index (χ4v) is 1.86. The molecule has 0 bridgehead atoms. The third-order valence-corrected chi connectivity index (χ3v) is 2.66. The van der Waals surface area contributed by atoms with Gasteiger partial charge < -0.3 is 14.3 Å². The molecule has 1 heterocycles. The Labute approximate surface area is 101 Å². The maximum atomic E-state index is 9.98. The smallest absolute Gasteiger partial charge is 0.122 e. The predicted octanol–water partition coefficient (Wildman–Crippen LogP) is 2.43. The third-order valence-electron chi connectivity index (χ3n) is 2.66. The Bertz CT molecular complexity index is 448. The molecule has 2 rings (SSSR count). The van der Waals surface area contributed by atoms with E-state index in [9.17, 15) is 5.11 Å². The number of para-hydroxylation sites is 1. The van der Waals surface area contributed by atoms with Gasteiger partial charge in [-0.2, -0.15) is 0 Å². The molecule has 0 aliphatic heterocycles. The first-order valence-electron chi connectivity index (χ1n) is 5.62. The largest absolute Gasteiger partial charge is 0.496 e. The number of aliphatic hydroxyl groups is 1. The number of rotatable bonds is 5. The summed E-state index contributed by atoms with van der Waals surface area (Å²) in [6.07, 6.45) is 2.23. The monoisotopic (exact) mass is 232 g/mol. The Kier molecular flexibility index (Phi) is 3.83. The number of ether oxygens (including phenoxy) is 1. The lowest BCUT2D eigenvalue weighted by atomic mass is 10.0. The van der Waals surface area contributed by atoms with E-state index in [1.807, 2.05) is 36.4 Å². The topological polar surface area (TPSA) is 42.6 Å². The van der Waals surface area contributed by atoms with Gasteiger partial charge in [-0.3, -0.25) is 0 Å². The average Bonchev–Trinajstić information content (AvgIpc) is 2.82. The third kappa shape index (κ3) is 3.11. The first-order valence-corrected chi connectivity index (χ1v) is 5.62. The summed E-state index contributed by atoms with van der Waals surface area (Å²) in [6.45, 7) is 0. The van der Waals surface area contributed by atoms with Crippen LogP contribution < -0.4 is 4.74 Å². The van der Waals surface area contributed by atoms with E-state index >= 15 is 0 Å². The molecule has 17 heavy (non-hydrogen) atoms. The molecule has 0 radical (unpaired) electrons. The van der Waals surface area contributed by atoms with Gasteiger partial charge >= 0.3 is 0 Å². The Morgan fingerprint density at radius 1 is 1.18 bits per heavy atom. The molecule has 0 saturated carbocycles. The molecule has 0 saturated heterocycles. The van der Waals surface area contributed by atoms with Crippen molar-refractivity contribution in [2.45, 2.75) is 18.9 Å². The molecule has 3 nitrogen and oxygen atoms in total. The van der Waals surface area contributed by atoms with Crippen molar-refractivity contribution in [1.29, 1.82) is 0 Å². The molecule has 2 aromatic rings. The molecule has 0 spiro atoms. The molecule has 90 valence electrons. The van der Waals surface area contributed by atoms with E-state index in [4.69, 9.17) is 9.15 Å². The maximum absolute atomic E-state index is 9.98. The predicted molar refractivity (Wildman–Crippen MR) is 65.1 cm³/mol. The van der Waals surface area contributed by atoms with E-state index in [1.54, 1.807) is 13.4 Å². The van der Waals surface area contributed by atoms with Crippen LogP contribution in [0, 0.1) is 0 Å². The van der Waals surface area contributed by atoms with Crippen molar-refractivity contribution in [2.75, 3.05) is 7.11 Å². The number of hydrogen-bond donors (Lipinski definition) is 1. The van der Waals surface area contributed by atoms with Crippen LogP contribution in [0.15, 0.2) is 47.1 Å². The molecule has 0 fully saturated rings. The Morgan fingerprint density at radius 2 is 2.00 bits per heavy atom. The minimum absolute atomic E-state index is 0.461. The van der Waals surface area contributed by atoms with Gasteiger partial charge in [0.05, 0.1) is 19.5 Å². The van der Waals surface area contributed by atoms with Gasteiger partial charge in [0.15, 0.2) is 0 Å². The number of aliphatic hydroxyl groups excluding tert-OH is 1. The number of furan rings is 1. The van der Waals surface area contributed by atoms with E-state index in [0.717, 1.165) is 17.1 Å². The average molecular weight is 232 g/mol. The normalized spacial score (nSPS) is 12.4. The SMILES string of the molecule is COc1ccccc1CC(O)Cc1ccco1. The second-order valence-corrected chi connectivity index (χ2v) is 3.95. The van der Waals surface area contributed by atoms with Crippen LogP contribution in [0.5, 0.6) is 5.75 Å². The molecular formula is C14H16O3. The molecule has 0 amide bonds. The number of hydrogen-bond acceptors (Lipinski definition) is 3. The Hall–Kier alpha value is -1.74. The fourth-order valence-electron chi connectivity index (χ4n) is 1.86. The van der Waals surface area contributed by atoms with Crippen molar-refractivity contribution in [3.63, 3.8) is 0 Å². The van der Waals surface area contributed by atoms with Gasteiger partial charge in [0.1, 0.15) is 11.5 Å². The van der Waals surface area contributed by atoms with Gasteiger partial charge in [0.25, 0.3) is 0 Å². The van der Waals surface area contributed by atoms with Gasteiger partial charge in [0, 0.05) is 12.8 Å². The number of methoxy groups -OCH3 is 1. The molecule has 1 N–H and O–H groups in total. The molecule has 1 aromatic heterocycles. The van der Waals surface area contributed by atoms with Crippen molar-refractivity contribution in [1.82, 2.24) is 0 Å². The molecule has 1 aromatic carbocycles. The van der Waals surface area contributed by atoms with Crippen molar-refractivity contribution in [2.24, 2.45) is 0 Å². The highest BCUT2D eigenvalue weighted by atomic mass is 16.5. The molecule has 1 atom stereocenters. The van der Waals surface area contributed by atoms with E-state index in [0.29, 0.717) is 12.8 Å². The van der Waals surface area contributed by atoms with Crippen molar-refractivity contribution in [3.05, 3.63) is 54.0 Å². The zero-order valence-electron chi connectivity index (χ0n) is 9.80. The second kappa shape index (κ2) is 5.55. The van der Waals surface area contributed by atoms with Crippen LogP contribution in [0.4, 0.5) is 0 Å².